The van der Waals surface area contributed by atoms with E-state index < -0.39 is 28.5 Å². The summed E-state index contributed by atoms with van der Waals surface area (Å²) < 4.78 is 37.6. The number of sulfonamides is 1. The fourth-order valence-corrected chi connectivity index (χ4v) is 5.87. The van der Waals surface area contributed by atoms with Crippen molar-refractivity contribution in [1.82, 2.24) is 10.2 Å². The quantitative estimate of drug-likeness (QED) is 0.421. The predicted octanol–water partition coefficient (Wildman–Crippen LogP) is 4.03. The molecule has 0 aliphatic heterocycles. The van der Waals surface area contributed by atoms with Crippen molar-refractivity contribution >= 4 is 27.5 Å². The molecule has 2 aromatic rings. The molecule has 0 heterocycles. The molecule has 1 aliphatic rings. The first-order valence-electron chi connectivity index (χ1n) is 13.4. The minimum absolute atomic E-state index is 0.0896. The number of nitrogens with one attached hydrogen (secondary N) is 1. The SMILES string of the molecule is CC[C@@H](C(=O)NC1CCCCC1)N(Cc1ccccc1C)C(=O)CN(c1ccc(OC)cc1OC)S(C)(=O)=O. The highest BCUT2D eigenvalue weighted by molar-refractivity contribution is 7.92. The molecular formula is C29H41N3O6S. The standard InChI is InChI=1S/C29H41N3O6S/c1-6-25(29(34)30-23-14-8-7-9-15-23)31(19-22-13-11-10-12-21(22)2)28(33)20-32(39(5,35)36)26-17-16-24(37-3)18-27(26)38-4/h10-13,16-18,23,25H,6-9,14-15,19-20H2,1-5H3,(H,30,34)/t25-/m0/s1. The fraction of sp³-hybridized carbons (Fsp3) is 0.517. The second-order valence-electron chi connectivity index (χ2n) is 10.0. The largest absolute Gasteiger partial charge is 0.497 e. The number of aryl methyl sites for hydroxylation is 1. The van der Waals surface area contributed by atoms with Gasteiger partial charge < -0.3 is 19.7 Å². The van der Waals surface area contributed by atoms with E-state index in [1.54, 1.807) is 18.2 Å². The number of nitrogens with zero attached hydrogens (tertiary/aromatic N) is 2. The molecule has 0 unspecified atom stereocenters. The lowest BCUT2D eigenvalue weighted by Crippen LogP contribution is -2.54. The zero-order chi connectivity index (χ0) is 28.6. The van der Waals surface area contributed by atoms with Crippen molar-refractivity contribution < 1.29 is 27.5 Å². The molecule has 1 atom stereocenters. The molecule has 1 N–H and O–H groups in total. The number of hydrogen-bond donors (Lipinski definition) is 1. The smallest absolute Gasteiger partial charge is 0.244 e. The second-order valence-corrected chi connectivity index (χ2v) is 11.9. The number of ether oxygens (including phenoxy) is 2. The fourth-order valence-electron chi connectivity index (χ4n) is 5.02. The highest BCUT2D eigenvalue weighted by Gasteiger charge is 2.33. The molecule has 0 radical (unpaired) electrons. The van der Waals surface area contributed by atoms with E-state index in [1.807, 2.05) is 38.1 Å². The van der Waals surface area contributed by atoms with E-state index in [-0.39, 0.29) is 29.9 Å². The van der Waals surface area contributed by atoms with Gasteiger partial charge in [0.1, 0.15) is 24.1 Å². The van der Waals surface area contributed by atoms with E-state index in [0.29, 0.717) is 12.2 Å². The number of rotatable bonds is 12. The molecule has 0 aromatic heterocycles. The number of anilines is 1. The number of amides is 2. The van der Waals surface area contributed by atoms with Crippen molar-refractivity contribution in [2.75, 3.05) is 31.3 Å². The van der Waals surface area contributed by atoms with Gasteiger partial charge in [0.2, 0.25) is 21.8 Å². The third-order valence-corrected chi connectivity index (χ3v) is 8.40. The summed E-state index contributed by atoms with van der Waals surface area (Å²) in [4.78, 5) is 29.0. The van der Waals surface area contributed by atoms with Crippen molar-refractivity contribution in [3.05, 3.63) is 53.6 Å². The van der Waals surface area contributed by atoms with Crippen LogP contribution in [0, 0.1) is 6.92 Å². The molecule has 2 aromatic carbocycles. The van der Waals surface area contributed by atoms with Gasteiger partial charge in [-0.25, -0.2) is 8.42 Å². The summed E-state index contributed by atoms with van der Waals surface area (Å²) in [6.07, 6.45) is 6.59. The van der Waals surface area contributed by atoms with Crippen LogP contribution in [0.15, 0.2) is 42.5 Å². The average Bonchev–Trinajstić information content (AvgIpc) is 2.92. The van der Waals surface area contributed by atoms with Crippen molar-refractivity contribution in [1.29, 1.82) is 0 Å². The Kier molecular flexibility index (Phi) is 10.6. The van der Waals surface area contributed by atoms with Gasteiger partial charge >= 0.3 is 0 Å². The number of hydrogen-bond acceptors (Lipinski definition) is 6. The van der Waals surface area contributed by atoms with Crippen LogP contribution >= 0.6 is 0 Å². The zero-order valence-corrected chi connectivity index (χ0v) is 24.4. The average molecular weight is 560 g/mol. The normalized spacial score (nSPS) is 14.8. The van der Waals surface area contributed by atoms with E-state index in [1.165, 1.54) is 19.1 Å². The van der Waals surface area contributed by atoms with Crippen molar-refractivity contribution in [3.8, 4) is 11.5 Å². The van der Waals surface area contributed by atoms with Gasteiger partial charge in [-0.1, -0.05) is 50.5 Å². The second kappa shape index (κ2) is 13.7. The first kappa shape index (κ1) is 30.3. The summed E-state index contributed by atoms with van der Waals surface area (Å²) in [5.74, 6) is 0.0496. The van der Waals surface area contributed by atoms with E-state index in [2.05, 4.69) is 5.32 Å². The van der Waals surface area contributed by atoms with Crippen LogP contribution in [-0.2, 0) is 26.2 Å². The van der Waals surface area contributed by atoms with E-state index in [4.69, 9.17) is 9.47 Å². The van der Waals surface area contributed by atoms with Crippen LogP contribution in [0.4, 0.5) is 5.69 Å². The van der Waals surface area contributed by atoms with Crippen LogP contribution in [0.1, 0.15) is 56.6 Å². The molecule has 2 amide bonds. The first-order valence-corrected chi connectivity index (χ1v) is 15.3. The molecule has 39 heavy (non-hydrogen) atoms. The lowest BCUT2D eigenvalue weighted by atomic mass is 9.95. The Morgan fingerprint density at radius 3 is 2.33 bits per heavy atom. The van der Waals surface area contributed by atoms with Crippen LogP contribution in [0.5, 0.6) is 11.5 Å². The van der Waals surface area contributed by atoms with Gasteiger partial charge in [-0.15, -0.1) is 0 Å². The van der Waals surface area contributed by atoms with Gasteiger partial charge in [0.05, 0.1) is 26.2 Å². The molecule has 0 bridgehead atoms. The molecule has 9 nitrogen and oxygen atoms in total. The number of benzene rings is 2. The minimum atomic E-state index is -3.89. The van der Waals surface area contributed by atoms with Crippen LogP contribution in [0.25, 0.3) is 0 Å². The Hall–Kier alpha value is -3.27. The molecule has 1 aliphatic carbocycles. The van der Waals surface area contributed by atoms with Crippen LogP contribution in [0.2, 0.25) is 0 Å². The van der Waals surface area contributed by atoms with Gasteiger partial charge in [0.25, 0.3) is 0 Å². The Morgan fingerprint density at radius 1 is 1.05 bits per heavy atom. The summed E-state index contributed by atoms with van der Waals surface area (Å²) >= 11 is 0. The highest BCUT2D eigenvalue weighted by Crippen LogP contribution is 2.34. The minimum Gasteiger partial charge on any atom is -0.497 e. The summed E-state index contributed by atoms with van der Waals surface area (Å²) in [5.41, 5.74) is 2.09. The van der Waals surface area contributed by atoms with E-state index in [0.717, 1.165) is 53.8 Å². The molecular weight excluding hydrogens is 518 g/mol. The van der Waals surface area contributed by atoms with Crippen LogP contribution in [0.3, 0.4) is 0 Å². The lowest BCUT2D eigenvalue weighted by molar-refractivity contribution is -0.140. The summed E-state index contributed by atoms with van der Waals surface area (Å²) in [5, 5.41) is 3.15. The van der Waals surface area contributed by atoms with Gasteiger partial charge in [-0.2, -0.15) is 0 Å². The zero-order valence-electron chi connectivity index (χ0n) is 23.6. The van der Waals surface area contributed by atoms with E-state index >= 15 is 0 Å². The van der Waals surface area contributed by atoms with Crippen molar-refractivity contribution in [2.45, 2.75) is 71.0 Å². The Balaban J connectivity index is 1.97. The molecule has 0 spiro atoms. The Labute approximate surface area is 232 Å². The first-order chi connectivity index (χ1) is 18.6. The maximum Gasteiger partial charge on any atom is 0.244 e. The molecule has 10 heteroatoms. The van der Waals surface area contributed by atoms with Gasteiger partial charge in [-0.05, 0) is 49.4 Å². The number of carbonyl (C=O) groups is 2. The van der Waals surface area contributed by atoms with Crippen LogP contribution in [-0.4, -0.2) is 64.2 Å². The lowest BCUT2D eigenvalue weighted by Gasteiger charge is -2.34. The van der Waals surface area contributed by atoms with Gasteiger partial charge in [-0.3, -0.25) is 13.9 Å². The van der Waals surface area contributed by atoms with Crippen molar-refractivity contribution in [3.63, 3.8) is 0 Å². The molecule has 214 valence electrons. The number of carbonyl (C=O) groups excluding carboxylic acids is 2. The molecule has 0 saturated heterocycles. The highest BCUT2D eigenvalue weighted by atomic mass is 32.2. The number of methoxy groups -OCH3 is 2. The van der Waals surface area contributed by atoms with Crippen molar-refractivity contribution in [2.24, 2.45) is 0 Å². The topological polar surface area (TPSA) is 105 Å². The Morgan fingerprint density at radius 2 is 1.74 bits per heavy atom. The van der Waals surface area contributed by atoms with E-state index in [9.17, 15) is 18.0 Å². The summed E-state index contributed by atoms with van der Waals surface area (Å²) in [6, 6.07) is 11.7. The third-order valence-electron chi connectivity index (χ3n) is 7.27. The Bertz CT molecular complexity index is 1240. The van der Waals surface area contributed by atoms with Gasteiger partial charge in [0.15, 0.2) is 0 Å². The van der Waals surface area contributed by atoms with Crippen LogP contribution < -0.4 is 19.1 Å². The predicted molar refractivity (Wildman–Crippen MR) is 153 cm³/mol. The monoisotopic (exact) mass is 559 g/mol. The summed E-state index contributed by atoms with van der Waals surface area (Å²) in [7, 11) is -0.967. The maximum atomic E-state index is 14.0. The third kappa shape index (κ3) is 7.88. The molecule has 1 fully saturated rings. The summed E-state index contributed by atoms with van der Waals surface area (Å²) in [6.45, 7) is 3.51. The van der Waals surface area contributed by atoms with Gasteiger partial charge in [0, 0.05) is 18.7 Å². The molecule has 1 saturated carbocycles. The maximum absolute atomic E-state index is 14.0. The molecule has 3 rings (SSSR count).